The minimum absolute atomic E-state index is 0.0427. The van der Waals surface area contributed by atoms with Gasteiger partial charge in [0.15, 0.2) is 0 Å². The fraction of sp³-hybridized carbons (Fsp3) is 0.318. The quantitative estimate of drug-likeness (QED) is 0.619. The second-order valence-electron chi connectivity index (χ2n) is 6.91. The number of nitrogens with one attached hydrogen (secondary N) is 1. The van der Waals surface area contributed by atoms with Gasteiger partial charge in [-0.2, -0.15) is 5.10 Å². The molecule has 2 amide bonds. The summed E-state index contributed by atoms with van der Waals surface area (Å²) < 4.78 is 5.39. The second-order valence-corrected chi connectivity index (χ2v) is 6.91. The second kappa shape index (κ2) is 8.69. The number of rotatable bonds is 6. The van der Waals surface area contributed by atoms with Gasteiger partial charge in [0.05, 0.1) is 18.7 Å². The van der Waals surface area contributed by atoms with Crippen molar-refractivity contribution in [2.75, 3.05) is 18.1 Å². The number of aryl methyl sites for hydroxylation is 2. The third-order valence-corrected chi connectivity index (χ3v) is 4.88. The summed E-state index contributed by atoms with van der Waals surface area (Å²) in [4.78, 5) is 26.4. The molecule has 0 saturated carbocycles. The van der Waals surface area contributed by atoms with E-state index in [4.69, 9.17) is 4.74 Å². The molecule has 146 valence electrons. The van der Waals surface area contributed by atoms with E-state index >= 15 is 0 Å². The van der Waals surface area contributed by atoms with Crippen molar-refractivity contribution in [3.05, 3.63) is 59.2 Å². The molecule has 0 spiro atoms. The van der Waals surface area contributed by atoms with E-state index in [-0.39, 0.29) is 18.2 Å². The Labute approximate surface area is 165 Å². The Bertz CT molecular complexity index is 890. The molecule has 2 aromatic carbocycles. The molecule has 0 unspecified atom stereocenters. The van der Waals surface area contributed by atoms with Gasteiger partial charge in [-0.1, -0.05) is 6.07 Å². The van der Waals surface area contributed by atoms with E-state index in [1.165, 1.54) is 5.56 Å². The summed E-state index contributed by atoms with van der Waals surface area (Å²) >= 11 is 0. The van der Waals surface area contributed by atoms with Gasteiger partial charge in [0, 0.05) is 18.7 Å². The molecule has 0 radical (unpaired) electrons. The molecular formula is C22H25N3O3. The van der Waals surface area contributed by atoms with Gasteiger partial charge in [0.1, 0.15) is 5.75 Å². The predicted octanol–water partition coefficient (Wildman–Crippen LogP) is 3.21. The number of benzene rings is 2. The average Bonchev–Trinajstić information content (AvgIpc) is 3.07. The van der Waals surface area contributed by atoms with Crippen molar-refractivity contribution in [1.82, 2.24) is 5.43 Å². The van der Waals surface area contributed by atoms with Crippen LogP contribution < -0.4 is 15.1 Å². The first kappa shape index (κ1) is 19.6. The highest BCUT2D eigenvalue weighted by Crippen LogP contribution is 2.26. The summed E-state index contributed by atoms with van der Waals surface area (Å²) in [7, 11) is 0. The number of hydrazone groups is 1. The van der Waals surface area contributed by atoms with Crippen LogP contribution in [0.25, 0.3) is 0 Å². The normalized spacial score (nSPS) is 16.6. The lowest BCUT2D eigenvalue weighted by molar-refractivity contribution is -0.126. The van der Waals surface area contributed by atoms with Gasteiger partial charge in [0.25, 0.3) is 0 Å². The van der Waals surface area contributed by atoms with Crippen LogP contribution in [0.1, 0.15) is 30.0 Å². The lowest BCUT2D eigenvalue weighted by Crippen LogP contribution is -2.30. The zero-order valence-corrected chi connectivity index (χ0v) is 16.4. The van der Waals surface area contributed by atoms with Gasteiger partial charge in [-0.05, 0) is 73.9 Å². The van der Waals surface area contributed by atoms with Gasteiger partial charge in [-0.15, -0.1) is 0 Å². The first-order valence-corrected chi connectivity index (χ1v) is 9.41. The Balaban J connectivity index is 1.57. The van der Waals surface area contributed by atoms with Crippen LogP contribution >= 0.6 is 0 Å². The van der Waals surface area contributed by atoms with Crippen LogP contribution in [-0.2, 0) is 9.59 Å². The number of carbonyl (C=O) groups is 2. The highest BCUT2D eigenvalue weighted by Gasteiger charge is 2.35. The number of ether oxygens (including phenoxy) is 1. The Morgan fingerprint density at radius 1 is 1.21 bits per heavy atom. The summed E-state index contributed by atoms with van der Waals surface area (Å²) in [5, 5.41) is 4.02. The molecule has 1 aliphatic heterocycles. The summed E-state index contributed by atoms with van der Waals surface area (Å²) in [6.45, 7) is 6.96. The molecule has 28 heavy (non-hydrogen) atoms. The topological polar surface area (TPSA) is 71.0 Å². The number of hydrogen-bond acceptors (Lipinski definition) is 4. The van der Waals surface area contributed by atoms with E-state index in [0.717, 1.165) is 22.6 Å². The standard InChI is InChI=1S/C22H25N3O3/c1-4-28-20-9-6-17(7-10-20)13-23-24-22(27)18-12-21(26)25(14-18)19-8-5-15(2)16(3)11-19/h5-11,13,18H,4,12,14H2,1-3H3,(H,24,27)/b23-13-/t18-/m0/s1. The molecule has 6 nitrogen and oxygen atoms in total. The smallest absolute Gasteiger partial charge is 0.245 e. The lowest BCUT2D eigenvalue weighted by atomic mass is 10.1. The molecule has 0 bridgehead atoms. The lowest BCUT2D eigenvalue weighted by Gasteiger charge is -2.17. The van der Waals surface area contributed by atoms with Crippen LogP contribution in [0, 0.1) is 19.8 Å². The molecule has 0 aromatic heterocycles. The largest absolute Gasteiger partial charge is 0.494 e. The zero-order chi connectivity index (χ0) is 20.1. The van der Waals surface area contributed by atoms with E-state index < -0.39 is 5.92 Å². The molecule has 1 fully saturated rings. The van der Waals surface area contributed by atoms with Gasteiger partial charge in [-0.3, -0.25) is 9.59 Å². The molecule has 1 N–H and O–H groups in total. The number of amides is 2. The van der Waals surface area contributed by atoms with Crippen molar-refractivity contribution >= 4 is 23.7 Å². The van der Waals surface area contributed by atoms with Crippen LogP contribution in [-0.4, -0.2) is 31.2 Å². The monoisotopic (exact) mass is 379 g/mol. The number of carbonyl (C=O) groups excluding carboxylic acids is 2. The molecular weight excluding hydrogens is 354 g/mol. The predicted molar refractivity (Wildman–Crippen MR) is 110 cm³/mol. The van der Waals surface area contributed by atoms with Crippen molar-refractivity contribution in [3.63, 3.8) is 0 Å². The fourth-order valence-electron chi connectivity index (χ4n) is 3.10. The number of anilines is 1. The van der Waals surface area contributed by atoms with Crippen LogP contribution in [0.4, 0.5) is 5.69 Å². The molecule has 1 heterocycles. The molecule has 2 aromatic rings. The molecule has 3 rings (SSSR count). The van der Waals surface area contributed by atoms with E-state index in [1.807, 2.05) is 63.2 Å². The van der Waals surface area contributed by atoms with Crippen molar-refractivity contribution in [3.8, 4) is 5.75 Å². The minimum atomic E-state index is -0.411. The summed E-state index contributed by atoms with van der Waals surface area (Å²) in [5.74, 6) is 0.0898. The van der Waals surface area contributed by atoms with E-state index in [1.54, 1.807) is 11.1 Å². The highest BCUT2D eigenvalue weighted by atomic mass is 16.5. The van der Waals surface area contributed by atoms with E-state index in [0.29, 0.717) is 13.2 Å². The maximum atomic E-state index is 12.4. The van der Waals surface area contributed by atoms with Crippen LogP contribution in [0.15, 0.2) is 47.6 Å². The van der Waals surface area contributed by atoms with Gasteiger partial charge < -0.3 is 9.64 Å². The van der Waals surface area contributed by atoms with Crippen molar-refractivity contribution in [1.29, 1.82) is 0 Å². The van der Waals surface area contributed by atoms with Crippen molar-refractivity contribution < 1.29 is 14.3 Å². The van der Waals surface area contributed by atoms with E-state index in [2.05, 4.69) is 10.5 Å². The van der Waals surface area contributed by atoms with Crippen LogP contribution in [0.2, 0.25) is 0 Å². The number of nitrogens with zero attached hydrogens (tertiary/aromatic N) is 2. The van der Waals surface area contributed by atoms with E-state index in [9.17, 15) is 9.59 Å². The van der Waals surface area contributed by atoms with Gasteiger partial charge in [-0.25, -0.2) is 5.43 Å². The molecule has 6 heteroatoms. The molecule has 1 aliphatic rings. The third-order valence-electron chi connectivity index (χ3n) is 4.88. The zero-order valence-electron chi connectivity index (χ0n) is 16.4. The summed E-state index contributed by atoms with van der Waals surface area (Å²) in [5.41, 5.74) is 6.53. The fourth-order valence-corrected chi connectivity index (χ4v) is 3.10. The SMILES string of the molecule is CCOc1ccc(/C=N\NC(=O)[C@H]2CC(=O)N(c3ccc(C)c(C)c3)C2)cc1. The number of hydrogen-bond donors (Lipinski definition) is 1. The minimum Gasteiger partial charge on any atom is -0.494 e. The molecule has 1 saturated heterocycles. The molecule has 0 aliphatic carbocycles. The first-order chi connectivity index (χ1) is 13.5. The van der Waals surface area contributed by atoms with Crippen LogP contribution in [0.5, 0.6) is 5.75 Å². The van der Waals surface area contributed by atoms with Gasteiger partial charge >= 0.3 is 0 Å². The molecule has 1 atom stereocenters. The van der Waals surface area contributed by atoms with Gasteiger partial charge in [0.2, 0.25) is 11.8 Å². The Morgan fingerprint density at radius 2 is 1.96 bits per heavy atom. The Morgan fingerprint density at radius 3 is 2.64 bits per heavy atom. The summed E-state index contributed by atoms with van der Waals surface area (Å²) in [6.07, 6.45) is 1.77. The maximum absolute atomic E-state index is 12.4. The highest BCUT2D eigenvalue weighted by molar-refractivity contribution is 6.00. The van der Waals surface area contributed by atoms with Crippen molar-refractivity contribution in [2.45, 2.75) is 27.2 Å². The maximum Gasteiger partial charge on any atom is 0.245 e. The third kappa shape index (κ3) is 4.57. The van der Waals surface area contributed by atoms with Crippen LogP contribution in [0.3, 0.4) is 0 Å². The van der Waals surface area contributed by atoms with Crippen molar-refractivity contribution in [2.24, 2.45) is 11.0 Å². The first-order valence-electron chi connectivity index (χ1n) is 9.41. The Hall–Kier alpha value is -3.15. The Kier molecular flexibility index (Phi) is 6.09. The summed E-state index contributed by atoms with van der Waals surface area (Å²) in [6, 6.07) is 13.3. The average molecular weight is 379 g/mol.